The molecule has 0 saturated carbocycles. The first-order valence-corrected chi connectivity index (χ1v) is 5.73. The minimum absolute atomic E-state index is 0.254. The van der Waals surface area contributed by atoms with Gasteiger partial charge in [-0.3, -0.25) is 13.9 Å². The summed E-state index contributed by atoms with van der Waals surface area (Å²) in [5.74, 6) is 0.195. The van der Waals surface area contributed by atoms with Crippen LogP contribution in [-0.2, 0) is 13.6 Å². The van der Waals surface area contributed by atoms with E-state index in [9.17, 15) is 14.0 Å². The largest absolute Gasteiger partial charge is 0.492 e. The monoisotopic (exact) mass is 264 g/mol. The lowest BCUT2D eigenvalue weighted by Crippen LogP contribution is -2.37. The van der Waals surface area contributed by atoms with Gasteiger partial charge in [0.25, 0.3) is 5.56 Å². The van der Waals surface area contributed by atoms with E-state index in [0.29, 0.717) is 12.3 Å². The molecule has 0 saturated heterocycles. The van der Waals surface area contributed by atoms with Crippen molar-refractivity contribution in [3.63, 3.8) is 0 Å². The van der Waals surface area contributed by atoms with Crippen LogP contribution in [0.25, 0.3) is 0 Å². The summed E-state index contributed by atoms with van der Waals surface area (Å²) in [5.41, 5.74) is -0.740. The highest BCUT2D eigenvalue weighted by molar-refractivity contribution is 5.21. The summed E-state index contributed by atoms with van der Waals surface area (Å²) in [4.78, 5) is 22.9. The molecular weight excluding hydrogens is 251 g/mol. The van der Waals surface area contributed by atoms with Gasteiger partial charge in [-0.15, -0.1) is 0 Å². The maximum absolute atomic E-state index is 12.7. The van der Waals surface area contributed by atoms with Gasteiger partial charge in [0.2, 0.25) is 0 Å². The molecule has 6 heteroatoms. The zero-order valence-electron chi connectivity index (χ0n) is 10.4. The molecular formula is C13H13FN2O3. The molecule has 5 nitrogen and oxygen atoms in total. The van der Waals surface area contributed by atoms with Crippen LogP contribution in [0.1, 0.15) is 0 Å². The Kier molecular flexibility index (Phi) is 3.79. The standard InChI is InChI=1S/C13H13FN2O3/c1-15-12(17)6-7-16(13(15)18)8-9-19-11-4-2-10(14)3-5-11/h2-7H,8-9H2,1H3. The molecule has 1 aromatic heterocycles. The molecule has 0 radical (unpaired) electrons. The van der Waals surface area contributed by atoms with Crippen LogP contribution in [0.2, 0.25) is 0 Å². The second kappa shape index (κ2) is 5.51. The summed E-state index contributed by atoms with van der Waals surface area (Å²) in [6, 6.07) is 6.94. The van der Waals surface area contributed by atoms with Gasteiger partial charge in [-0.1, -0.05) is 0 Å². The predicted molar refractivity (Wildman–Crippen MR) is 67.8 cm³/mol. The summed E-state index contributed by atoms with van der Waals surface area (Å²) in [6.07, 6.45) is 1.43. The summed E-state index contributed by atoms with van der Waals surface area (Å²) in [6.45, 7) is 0.564. The van der Waals surface area contributed by atoms with E-state index in [1.54, 1.807) is 0 Å². The Labute approximate surface area is 108 Å². The zero-order chi connectivity index (χ0) is 13.8. The minimum atomic E-state index is -0.393. The number of benzene rings is 1. The van der Waals surface area contributed by atoms with Crippen LogP contribution < -0.4 is 16.0 Å². The fraction of sp³-hybridized carbons (Fsp3) is 0.231. The van der Waals surface area contributed by atoms with Gasteiger partial charge in [0.1, 0.15) is 18.2 Å². The molecule has 19 heavy (non-hydrogen) atoms. The third-order valence-electron chi connectivity index (χ3n) is 2.67. The second-order valence-corrected chi connectivity index (χ2v) is 3.99. The van der Waals surface area contributed by atoms with Gasteiger partial charge in [0, 0.05) is 19.3 Å². The summed E-state index contributed by atoms with van der Waals surface area (Å²) < 4.78 is 20.5. The van der Waals surface area contributed by atoms with Crippen molar-refractivity contribution in [2.24, 2.45) is 7.05 Å². The van der Waals surface area contributed by atoms with E-state index in [4.69, 9.17) is 4.74 Å². The van der Waals surface area contributed by atoms with Gasteiger partial charge < -0.3 is 4.74 Å². The molecule has 2 aromatic rings. The smallest absolute Gasteiger partial charge is 0.330 e. The zero-order valence-corrected chi connectivity index (χ0v) is 10.4. The third-order valence-corrected chi connectivity index (χ3v) is 2.67. The normalized spacial score (nSPS) is 10.4. The Morgan fingerprint density at radius 1 is 1.16 bits per heavy atom. The van der Waals surface area contributed by atoms with Gasteiger partial charge in [0.05, 0.1) is 6.54 Å². The van der Waals surface area contributed by atoms with Gasteiger partial charge in [-0.05, 0) is 24.3 Å². The first-order valence-electron chi connectivity index (χ1n) is 5.73. The van der Waals surface area contributed by atoms with E-state index in [-0.39, 0.29) is 18.0 Å². The van der Waals surface area contributed by atoms with Gasteiger partial charge in [0.15, 0.2) is 0 Å². The van der Waals surface area contributed by atoms with E-state index in [1.165, 1.54) is 48.1 Å². The Morgan fingerprint density at radius 3 is 2.53 bits per heavy atom. The molecule has 0 aliphatic carbocycles. The van der Waals surface area contributed by atoms with Crippen LogP contribution >= 0.6 is 0 Å². The molecule has 0 aliphatic heterocycles. The van der Waals surface area contributed by atoms with Crippen molar-refractivity contribution < 1.29 is 9.13 Å². The van der Waals surface area contributed by atoms with E-state index in [0.717, 1.165) is 4.57 Å². The van der Waals surface area contributed by atoms with Gasteiger partial charge in [-0.25, -0.2) is 9.18 Å². The molecule has 0 bridgehead atoms. The lowest BCUT2D eigenvalue weighted by Gasteiger charge is -2.08. The first kappa shape index (κ1) is 13.1. The fourth-order valence-corrected chi connectivity index (χ4v) is 1.58. The Bertz CT molecular complexity index is 674. The van der Waals surface area contributed by atoms with Crippen molar-refractivity contribution in [1.29, 1.82) is 0 Å². The maximum atomic E-state index is 12.7. The summed E-state index contributed by atoms with van der Waals surface area (Å²) in [7, 11) is 1.42. The van der Waals surface area contributed by atoms with Crippen LogP contribution in [0, 0.1) is 5.82 Å². The first-order chi connectivity index (χ1) is 9.08. The fourth-order valence-electron chi connectivity index (χ4n) is 1.58. The molecule has 0 spiro atoms. The summed E-state index contributed by atoms with van der Waals surface area (Å²) >= 11 is 0. The second-order valence-electron chi connectivity index (χ2n) is 3.99. The van der Waals surface area contributed by atoms with Crippen molar-refractivity contribution in [1.82, 2.24) is 9.13 Å². The highest BCUT2D eigenvalue weighted by atomic mass is 19.1. The molecule has 0 fully saturated rings. The van der Waals surface area contributed by atoms with Gasteiger partial charge >= 0.3 is 5.69 Å². The lowest BCUT2D eigenvalue weighted by atomic mass is 10.3. The molecule has 1 heterocycles. The predicted octanol–water partition coefficient (Wildman–Crippen LogP) is 0.765. The van der Waals surface area contributed by atoms with Gasteiger partial charge in [-0.2, -0.15) is 0 Å². The number of ether oxygens (including phenoxy) is 1. The molecule has 0 aliphatic rings. The van der Waals surface area contributed by atoms with Crippen molar-refractivity contribution in [2.45, 2.75) is 6.54 Å². The molecule has 2 rings (SSSR count). The van der Waals surface area contributed by atoms with Crippen LogP contribution in [0.5, 0.6) is 5.75 Å². The number of hydrogen-bond acceptors (Lipinski definition) is 3. The Balaban J connectivity index is 2.00. The van der Waals surface area contributed by atoms with E-state index < -0.39 is 5.69 Å². The van der Waals surface area contributed by atoms with Crippen LogP contribution in [0.3, 0.4) is 0 Å². The topological polar surface area (TPSA) is 53.2 Å². The number of halogens is 1. The van der Waals surface area contributed by atoms with Crippen molar-refractivity contribution in [3.8, 4) is 5.75 Å². The molecule has 1 aromatic carbocycles. The molecule has 0 unspecified atom stereocenters. The van der Waals surface area contributed by atoms with Crippen molar-refractivity contribution in [3.05, 3.63) is 63.2 Å². The lowest BCUT2D eigenvalue weighted by molar-refractivity contribution is 0.293. The third kappa shape index (κ3) is 3.09. The highest BCUT2D eigenvalue weighted by Crippen LogP contribution is 2.10. The number of nitrogens with zero attached hydrogens (tertiary/aromatic N) is 2. The molecule has 0 N–H and O–H groups in total. The van der Waals surface area contributed by atoms with E-state index >= 15 is 0 Å². The minimum Gasteiger partial charge on any atom is -0.492 e. The quantitative estimate of drug-likeness (QED) is 0.819. The molecule has 100 valence electrons. The average molecular weight is 264 g/mol. The average Bonchev–Trinajstić information content (AvgIpc) is 2.41. The van der Waals surface area contributed by atoms with Crippen molar-refractivity contribution >= 4 is 0 Å². The highest BCUT2D eigenvalue weighted by Gasteiger charge is 2.01. The number of rotatable bonds is 4. The Morgan fingerprint density at radius 2 is 1.84 bits per heavy atom. The van der Waals surface area contributed by atoms with Crippen LogP contribution in [-0.4, -0.2) is 15.7 Å². The molecule has 0 amide bonds. The maximum Gasteiger partial charge on any atom is 0.330 e. The number of hydrogen-bond donors (Lipinski definition) is 0. The van der Waals surface area contributed by atoms with Crippen LogP contribution in [0.4, 0.5) is 4.39 Å². The molecule has 0 atom stereocenters. The van der Waals surface area contributed by atoms with E-state index in [1.807, 2.05) is 0 Å². The van der Waals surface area contributed by atoms with Crippen LogP contribution in [0.15, 0.2) is 46.1 Å². The SMILES string of the molecule is Cn1c(=O)ccn(CCOc2ccc(F)cc2)c1=O. The summed E-state index contributed by atoms with van der Waals surface area (Å²) in [5, 5.41) is 0. The van der Waals surface area contributed by atoms with Crippen molar-refractivity contribution in [2.75, 3.05) is 6.61 Å². The van der Waals surface area contributed by atoms with E-state index in [2.05, 4.69) is 0 Å². The number of aromatic nitrogens is 2. The Hall–Kier alpha value is -2.37.